The van der Waals surface area contributed by atoms with Crippen molar-refractivity contribution in [3.8, 4) is 0 Å². The standard InChI is InChI=1S/C15H23N5/c1-3-5-11-9-12(11)18-14-15-17-7-8-20(15)10-13(19-14)16-6-4-2/h7-8,10-12,16H,3-6,9H2,1-2H3,(H,18,19). The Hall–Kier alpha value is -1.78. The zero-order valence-corrected chi connectivity index (χ0v) is 12.3. The summed E-state index contributed by atoms with van der Waals surface area (Å²) in [7, 11) is 0. The number of hydrogen-bond acceptors (Lipinski definition) is 4. The van der Waals surface area contributed by atoms with Crippen LogP contribution in [0.4, 0.5) is 11.6 Å². The van der Waals surface area contributed by atoms with E-state index in [2.05, 4.69) is 34.4 Å². The third-order valence-electron chi connectivity index (χ3n) is 3.83. The highest BCUT2D eigenvalue weighted by molar-refractivity contribution is 5.66. The number of rotatable bonds is 7. The van der Waals surface area contributed by atoms with Crippen LogP contribution in [0.5, 0.6) is 0 Å². The van der Waals surface area contributed by atoms with Gasteiger partial charge in [-0.05, 0) is 25.2 Å². The molecule has 0 aliphatic heterocycles. The molecule has 1 saturated carbocycles. The van der Waals surface area contributed by atoms with Gasteiger partial charge < -0.3 is 15.0 Å². The molecule has 2 aromatic heterocycles. The van der Waals surface area contributed by atoms with Gasteiger partial charge in [-0.25, -0.2) is 9.97 Å². The second kappa shape index (κ2) is 5.69. The fourth-order valence-electron chi connectivity index (χ4n) is 2.66. The Morgan fingerprint density at radius 3 is 3.05 bits per heavy atom. The number of aromatic nitrogens is 3. The van der Waals surface area contributed by atoms with E-state index in [-0.39, 0.29) is 0 Å². The molecule has 2 unspecified atom stereocenters. The Balaban J connectivity index is 1.79. The second-order valence-corrected chi connectivity index (χ2v) is 5.59. The zero-order chi connectivity index (χ0) is 13.9. The molecule has 2 heterocycles. The molecule has 2 N–H and O–H groups in total. The summed E-state index contributed by atoms with van der Waals surface area (Å²) in [5.74, 6) is 2.62. The van der Waals surface area contributed by atoms with E-state index < -0.39 is 0 Å². The van der Waals surface area contributed by atoms with Crippen LogP contribution in [0.3, 0.4) is 0 Å². The first-order valence-corrected chi connectivity index (χ1v) is 7.66. The van der Waals surface area contributed by atoms with E-state index in [1.165, 1.54) is 19.3 Å². The van der Waals surface area contributed by atoms with Crippen LogP contribution >= 0.6 is 0 Å². The summed E-state index contributed by atoms with van der Waals surface area (Å²) >= 11 is 0. The van der Waals surface area contributed by atoms with Crippen LogP contribution in [0.25, 0.3) is 5.65 Å². The van der Waals surface area contributed by atoms with E-state index in [9.17, 15) is 0 Å². The Kier molecular flexibility index (Phi) is 3.76. The van der Waals surface area contributed by atoms with Gasteiger partial charge in [0.25, 0.3) is 0 Å². The van der Waals surface area contributed by atoms with Crippen molar-refractivity contribution in [3.05, 3.63) is 18.6 Å². The van der Waals surface area contributed by atoms with E-state index in [0.717, 1.165) is 36.2 Å². The topological polar surface area (TPSA) is 54.2 Å². The molecule has 0 spiro atoms. The lowest BCUT2D eigenvalue weighted by atomic mass is 10.2. The van der Waals surface area contributed by atoms with Gasteiger partial charge in [0, 0.05) is 25.0 Å². The van der Waals surface area contributed by atoms with Gasteiger partial charge in [-0.15, -0.1) is 0 Å². The molecule has 3 rings (SSSR count). The van der Waals surface area contributed by atoms with Gasteiger partial charge in [-0.1, -0.05) is 20.3 Å². The molecule has 0 saturated heterocycles. The molecule has 0 aromatic carbocycles. The lowest BCUT2D eigenvalue weighted by Crippen LogP contribution is -2.11. The number of fused-ring (bicyclic) bond motifs is 1. The molecule has 5 nitrogen and oxygen atoms in total. The average Bonchev–Trinajstić information content (AvgIpc) is 3.00. The average molecular weight is 273 g/mol. The molecular formula is C15H23N5. The highest BCUT2D eigenvalue weighted by Gasteiger charge is 2.36. The largest absolute Gasteiger partial charge is 0.369 e. The molecule has 0 bridgehead atoms. The predicted molar refractivity (Wildman–Crippen MR) is 82.2 cm³/mol. The second-order valence-electron chi connectivity index (χ2n) is 5.59. The fraction of sp³-hybridized carbons (Fsp3) is 0.600. The summed E-state index contributed by atoms with van der Waals surface area (Å²) in [5, 5.41) is 6.91. The van der Waals surface area contributed by atoms with Crippen molar-refractivity contribution in [1.82, 2.24) is 14.4 Å². The Morgan fingerprint density at radius 2 is 2.25 bits per heavy atom. The maximum absolute atomic E-state index is 4.68. The van der Waals surface area contributed by atoms with Crippen molar-refractivity contribution in [2.75, 3.05) is 17.2 Å². The highest BCUT2D eigenvalue weighted by atomic mass is 15.2. The lowest BCUT2D eigenvalue weighted by molar-refractivity contribution is 0.692. The van der Waals surface area contributed by atoms with Gasteiger partial charge in [-0.3, -0.25) is 0 Å². The third kappa shape index (κ3) is 2.71. The van der Waals surface area contributed by atoms with E-state index in [0.29, 0.717) is 6.04 Å². The van der Waals surface area contributed by atoms with Crippen LogP contribution in [-0.4, -0.2) is 27.0 Å². The van der Waals surface area contributed by atoms with Crippen molar-refractivity contribution in [2.45, 2.75) is 45.6 Å². The molecule has 2 aromatic rings. The molecule has 2 atom stereocenters. The summed E-state index contributed by atoms with van der Waals surface area (Å²) in [6.45, 7) is 5.34. The SMILES string of the molecule is CCCNc1cn2ccnc2c(NC2CC2CCC)n1. The van der Waals surface area contributed by atoms with Gasteiger partial charge in [0.2, 0.25) is 0 Å². The molecule has 108 valence electrons. The van der Waals surface area contributed by atoms with Crippen molar-refractivity contribution < 1.29 is 0 Å². The first-order chi connectivity index (χ1) is 9.81. The minimum Gasteiger partial charge on any atom is -0.369 e. The Bertz CT molecular complexity index is 577. The van der Waals surface area contributed by atoms with E-state index in [1.54, 1.807) is 0 Å². The summed E-state index contributed by atoms with van der Waals surface area (Å²) < 4.78 is 2.03. The minimum absolute atomic E-state index is 0.573. The Labute approximate surface area is 119 Å². The monoisotopic (exact) mass is 273 g/mol. The van der Waals surface area contributed by atoms with Gasteiger partial charge in [0.15, 0.2) is 11.5 Å². The fourth-order valence-corrected chi connectivity index (χ4v) is 2.66. The van der Waals surface area contributed by atoms with Crippen LogP contribution in [-0.2, 0) is 0 Å². The van der Waals surface area contributed by atoms with Gasteiger partial charge in [0.05, 0.1) is 6.20 Å². The Morgan fingerprint density at radius 1 is 1.35 bits per heavy atom. The number of nitrogens with zero attached hydrogens (tertiary/aromatic N) is 3. The number of nitrogens with one attached hydrogen (secondary N) is 2. The van der Waals surface area contributed by atoms with E-state index in [4.69, 9.17) is 0 Å². The van der Waals surface area contributed by atoms with Crippen LogP contribution < -0.4 is 10.6 Å². The minimum atomic E-state index is 0.573. The maximum Gasteiger partial charge on any atom is 0.180 e. The van der Waals surface area contributed by atoms with Crippen LogP contribution in [0.1, 0.15) is 39.5 Å². The molecule has 1 aliphatic rings. The molecule has 1 aliphatic carbocycles. The summed E-state index contributed by atoms with van der Waals surface area (Å²) in [5.41, 5.74) is 0.911. The maximum atomic E-state index is 4.68. The number of hydrogen-bond donors (Lipinski definition) is 2. The number of imidazole rings is 1. The highest BCUT2D eigenvalue weighted by Crippen LogP contribution is 2.37. The first-order valence-electron chi connectivity index (χ1n) is 7.66. The molecule has 5 heteroatoms. The summed E-state index contributed by atoms with van der Waals surface area (Å²) in [4.78, 5) is 9.08. The van der Waals surface area contributed by atoms with Crippen molar-refractivity contribution in [2.24, 2.45) is 5.92 Å². The molecule has 1 fully saturated rings. The van der Waals surface area contributed by atoms with Crippen molar-refractivity contribution in [3.63, 3.8) is 0 Å². The van der Waals surface area contributed by atoms with Crippen LogP contribution in [0.2, 0.25) is 0 Å². The molecule has 0 amide bonds. The number of anilines is 2. The normalized spacial score (nSPS) is 21.1. The van der Waals surface area contributed by atoms with Crippen molar-refractivity contribution in [1.29, 1.82) is 0 Å². The quantitative estimate of drug-likeness (QED) is 0.813. The van der Waals surface area contributed by atoms with Gasteiger partial charge in [0.1, 0.15) is 5.82 Å². The first kappa shape index (κ1) is 13.2. The smallest absolute Gasteiger partial charge is 0.180 e. The van der Waals surface area contributed by atoms with Crippen LogP contribution in [0, 0.1) is 5.92 Å². The predicted octanol–water partition coefficient (Wildman–Crippen LogP) is 3.15. The van der Waals surface area contributed by atoms with E-state index in [1.807, 2.05) is 23.0 Å². The van der Waals surface area contributed by atoms with Gasteiger partial charge in [-0.2, -0.15) is 0 Å². The van der Waals surface area contributed by atoms with Crippen molar-refractivity contribution >= 4 is 17.3 Å². The molecular weight excluding hydrogens is 250 g/mol. The van der Waals surface area contributed by atoms with Gasteiger partial charge >= 0.3 is 0 Å². The molecule has 20 heavy (non-hydrogen) atoms. The van der Waals surface area contributed by atoms with E-state index >= 15 is 0 Å². The summed E-state index contributed by atoms with van der Waals surface area (Å²) in [6.07, 6.45) is 10.7. The lowest BCUT2D eigenvalue weighted by Gasteiger charge is -2.10. The summed E-state index contributed by atoms with van der Waals surface area (Å²) in [6, 6.07) is 0.573. The van der Waals surface area contributed by atoms with Crippen LogP contribution in [0.15, 0.2) is 18.6 Å². The molecule has 0 radical (unpaired) electrons. The zero-order valence-electron chi connectivity index (χ0n) is 12.3. The third-order valence-corrected chi connectivity index (χ3v) is 3.83.